The second-order valence-electron chi connectivity index (χ2n) is 9.94. The summed E-state index contributed by atoms with van der Waals surface area (Å²) in [7, 11) is 1.70. The van der Waals surface area contributed by atoms with Gasteiger partial charge in [-0.3, -0.25) is 0 Å². The smallest absolute Gasteiger partial charge is 0.343 e. The first kappa shape index (κ1) is 22.1. The molecule has 32 heavy (non-hydrogen) atoms. The second kappa shape index (κ2) is 8.82. The van der Waals surface area contributed by atoms with Gasteiger partial charge >= 0.3 is 5.97 Å². The summed E-state index contributed by atoms with van der Waals surface area (Å²) >= 11 is 0. The van der Waals surface area contributed by atoms with Gasteiger partial charge in [-0.25, -0.2) is 4.79 Å². The molecule has 1 aliphatic carbocycles. The highest BCUT2D eigenvalue weighted by Crippen LogP contribution is 2.53. The molecular formula is C29H32O3. The van der Waals surface area contributed by atoms with E-state index in [2.05, 4.69) is 57.2 Å². The van der Waals surface area contributed by atoms with Crippen LogP contribution in [-0.2, 0) is 5.41 Å². The Kier molecular flexibility index (Phi) is 6.10. The molecule has 1 aliphatic rings. The molecule has 0 spiro atoms. The lowest BCUT2D eigenvalue weighted by molar-refractivity contribution is 0.0734. The zero-order valence-electron chi connectivity index (χ0n) is 19.4. The van der Waals surface area contributed by atoms with E-state index in [9.17, 15) is 4.79 Å². The number of methoxy groups -OCH3 is 1. The summed E-state index contributed by atoms with van der Waals surface area (Å²) in [6.07, 6.45) is 3.38. The lowest BCUT2D eigenvalue weighted by atomic mass is 9.55. The molecule has 3 aromatic carbocycles. The Balaban J connectivity index is 1.67. The number of hydrogen-bond acceptors (Lipinski definition) is 3. The van der Waals surface area contributed by atoms with Gasteiger partial charge in [-0.05, 0) is 78.1 Å². The van der Waals surface area contributed by atoms with E-state index in [4.69, 9.17) is 9.47 Å². The minimum atomic E-state index is -0.337. The molecule has 1 fully saturated rings. The van der Waals surface area contributed by atoms with E-state index in [1.165, 1.54) is 17.5 Å². The summed E-state index contributed by atoms with van der Waals surface area (Å²) in [5.41, 5.74) is 3.27. The maximum atomic E-state index is 12.4. The quantitative estimate of drug-likeness (QED) is 0.323. The van der Waals surface area contributed by atoms with Crippen molar-refractivity contribution in [2.45, 2.75) is 45.4 Å². The molecule has 1 saturated carbocycles. The lowest BCUT2D eigenvalue weighted by Crippen LogP contribution is -2.41. The van der Waals surface area contributed by atoms with Gasteiger partial charge in [-0.15, -0.1) is 0 Å². The molecule has 166 valence electrons. The Morgan fingerprint density at radius 2 is 1.38 bits per heavy atom. The van der Waals surface area contributed by atoms with E-state index >= 15 is 0 Å². The molecule has 0 saturated heterocycles. The van der Waals surface area contributed by atoms with Crippen LogP contribution in [0.1, 0.15) is 61.5 Å². The van der Waals surface area contributed by atoms with Crippen molar-refractivity contribution in [3.05, 3.63) is 95.6 Å². The van der Waals surface area contributed by atoms with Crippen LogP contribution in [0.25, 0.3) is 0 Å². The van der Waals surface area contributed by atoms with E-state index in [0.29, 0.717) is 17.2 Å². The molecule has 0 aromatic heterocycles. The van der Waals surface area contributed by atoms with Crippen LogP contribution in [0.2, 0.25) is 0 Å². The molecule has 2 atom stereocenters. The Labute approximate surface area is 191 Å². The van der Waals surface area contributed by atoms with E-state index in [1.807, 2.05) is 30.3 Å². The van der Waals surface area contributed by atoms with Gasteiger partial charge in [-0.1, -0.05) is 63.2 Å². The highest BCUT2D eigenvalue weighted by Gasteiger charge is 2.45. The van der Waals surface area contributed by atoms with E-state index in [1.54, 1.807) is 19.2 Å². The number of esters is 1. The van der Waals surface area contributed by atoms with Crippen LogP contribution in [0.15, 0.2) is 78.9 Å². The lowest BCUT2D eigenvalue weighted by Gasteiger charge is -2.48. The third kappa shape index (κ3) is 4.57. The van der Waals surface area contributed by atoms with Crippen LogP contribution in [0.3, 0.4) is 0 Å². The van der Waals surface area contributed by atoms with Crippen molar-refractivity contribution in [1.29, 1.82) is 0 Å². The number of hydrogen-bond donors (Lipinski definition) is 0. The normalized spacial score (nSPS) is 22.2. The first-order valence-electron chi connectivity index (χ1n) is 11.3. The summed E-state index contributed by atoms with van der Waals surface area (Å²) in [6, 6.07) is 25.7. The molecule has 2 unspecified atom stereocenters. The molecule has 0 amide bonds. The predicted octanol–water partition coefficient (Wildman–Crippen LogP) is 7.05. The minimum Gasteiger partial charge on any atom is -0.497 e. The summed E-state index contributed by atoms with van der Waals surface area (Å²) in [4.78, 5) is 12.4. The molecule has 0 radical (unpaired) electrons. The van der Waals surface area contributed by atoms with Gasteiger partial charge in [-0.2, -0.15) is 0 Å². The maximum absolute atomic E-state index is 12.4. The number of rotatable bonds is 5. The van der Waals surface area contributed by atoms with E-state index < -0.39 is 0 Å². The van der Waals surface area contributed by atoms with Crippen molar-refractivity contribution >= 4 is 5.97 Å². The number of benzene rings is 3. The topological polar surface area (TPSA) is 35.5 Å². The molecule has 0 heterocycles. The van der Waals surface area contributed by atoms with Crippen LogP contribution in [-0.4, -0.2) is 13.1 Å². The van der Waals surface area contributed by atoms with Gasteiger partial charge in [0, 0.05) is 5.41 Å². The highest BCUT2D eigenvalue weighted by atomic mass is 16.5. The average Bonchev–Trinajstić information content (AvgIpc) is 2.79. The Morgan fingerprint density at radius 3 is 1.91 bits per heavy atom. The Bertz CT molecular complexity index is 1050. The monoisotopic (exact) mass is 428 g/mol. The van der Waals surface area contributed by atoms with Gasteiger partial charge in [0.2, 0.25) is 0 Å². The van der Waals surface area contributed by atoms with E-state index in [-0.39, 0.29) is 16.8 Å². The largest absolute Gasteiger partial charge is 0.497 e. The third-order valence-corrected chi connectivity index (χ3v) is 6.65. The molecule has 0 bridgehead atoms. The standard InChI is InChI=1S/C29H32O3/c1-21-18-28(2,3)20-29(19-21,23-10-14-25(31-4)15-11-23)24-12-16-26(17-13-24)32-27(30)22-8-6-5-7-9-22/h5-17,21H,18-20H2,1-4H3. The van der Waals surface area contributed by atoms with Gasteiger partial charge in [0.25, 0.3) is 0 Å². The van der Waals surface area contributed by atoms with Crippen molar-refractivity contribution in [3.8, 4) is 11.5 Å². The number of carbonyl (C=O) groups excluding carboxylic acids is 1. The Morgan fingerprint density at radius 1 is 0.812 bits per heavy atom. The van der Waals surface area contributed by atoms with Crippen molar-refractivity contribution in [3.63, 3.8) is 0 Å². The second-order valence-corrected chi connectivity index (χ2v) is 9.94. The fourth-order valence-corrected chi connectivity index (χ4v) is 5.67. The van der Waals surface area contributed by atoms with Crippen LogP contribution in [0.5, 0.6) is 11.5 Å². The van der Waals surface area contributed by atoms with Gasteiger partial charge in [0.1, 0.15) is 11.5 Å². The van der Waals surface area contributed by atoms with Crippen LogP contribution >= 0.6 is 0 Å². The van der Waals surface area contributed by atoms with Gasteiger partial charge < -0.3 is 9.47 Å². The summed E-state index contributed by atoms with van der Waals surface area (Å²) in [5, 5.41) is 0. The third-order valence-electron chi connectivity index (χ3n) is 6.65. The van der Waals surface area contributed by atoms with Crippen LogP contribution in [0.4, 0.5) is 0 Å². The molecule has 4 rings (SSSR count). The first-order valence-corrected chi connectivity index (χ1v) is 11.3. The maximum Gasteiger partial charge on any atom is 0.343 e. The summed E-state index contributed by atoms with van der Waals surface area (Å²) < 4.78 is 11.0. The zero-order valence-corrected chi connectivity index (χ0v) is 19.4. The SMILES string of the molecule is COc1ccc(C2(c3ccc(OC(=O)c4ccccc4)cc3)CC(C)CC(C)(C)C2)cc1. The number of ether oxygens (including phenoxy) is 2. The zero-order chi connectivity index (χ0) is 22.8. The van der Waals surface area contributed by atoms with Crippen molar-refractivity contribution in [1.82, 2.24) is 0 Å². The summed E-state index contributed by atoms with van der Waals surface area (Å²) in [6.45, 7) is 7.10. The first-order chi connectivity index (χ1) is 15.3. The van der Waals surface area contributed by atoms with Gasteiger partial charge in [0.05, 0.1) is 12.7 Å². The predicted molar refractivity (Wildman–Crippen MR) is 128 cm³/mol. The van der Waals surface area contributed by atoms with Crippen molar-refractivity contribution in [2.75, 3.05) is 7.11 Å². The molecule has 0 aliphatic heterocycles. The fourth-order valence-electron chi connectivity index (χ4n) is 5.67. The molecular weight excluding hydrogens is 396 g/mol. The van der Waals surface area contributed by atoms with Crippen molar-refractivity contribution < 1.29 is 14.3 Å². The Hall–Kier alpha value is -3.07. The molecule has 0 N–H and O–H groups in total. The molecule has 3 heteroatoms. The minimum absolute atomic E-state index is 0.0879. The highest BCUT2D eigenvalue weighted by molar-refractivity contribution is 5.90. The molecule has 3 nitrogen and oxygen atoms in total. The van der Waals surface area contributed by atoms with Crippen molar-refractivity contribution in [2.24, 2.45) is 11.3 Å². The number of carbonyl (C=O) groups is 1. The summed E-state index contributed by atoms with van der Waals surface area (Å²) in [5.74, 6) is 1.71. The molecule has 3 aromatic rings. The fraction of sp³-hybridized carbons (Fsp3) is 0.345. The van der Waals surface area contributed by atoms with Crippen LogP contribution < -0.4 is 9.47 Å². The van der Waals surface area contributed by atoms with E-state index in [0.717, 1.165) is 18.6 Å². The van der Waals surface area contributed by atoms with Crippen LogP contribution in [0, 0.1) is 11.3 Å². The van der Waals surface area contributed by atoms with Gasteiger partial charge in [0.15, 0.2) is 0 Å². The average molecular weight is 429 g/mol.